The van der Waals surface area contributed by atoms with Gasteiger partial charge in [-0.05, 0) is 39.7 Å². The molecular weight excluding hydrogens is 412 g/mol. The van der Waals surface area contributed by atoms with Gasteiger partial charge in [0.25, 0.3) is 0 Å². The van der Waals surface area contributed by atoms with Crippen LogP contribution in [0.2, 0.25) is 0 Å². The highest BCUT2D eigenvalue weighted by Crippen LogP contribution is 2.39. The maximum absolute atomic E-state index is 5.49. The number of hydrogen-bond donors (Lipinski definition) is 1. The molecule has 4 rings (SSSR count). The summed E-state index contributed by atoms with van der Waals surface area (Å²) in [5, 5.41) is 3.44. The first-order valence-electron chi connectivity index (χ1n) is 8.80. The number of fused-ring (bicyclic) bond motifs is 1. The van der Waals surface area contributed by atoms with Crippen molar-refractivity contribution in [1.29, 1.82) is 0 Å². The van der Waals surface area contributed by atoms with Crippen molar-refractivity contribution in [3.8, 4) is 11.5 Å². The first-order chi connectivity index (χ1) is 13.2. The monoisotopic (exact) mass is 432 g/mol. The summed E-state index contributed by atoms with van der Waals surface area (Å²) in [7, 11) is 1.81. The lowest BCUT2D eigenvalue weighted by Crippen LogP contribution is -2.52. The number of aliphatic imine (C=N–C) groups is 1. The zero-order valence-electron chi connectivity index (χ0n) is 15.1. The summed E-state index contributed by atoms with van der Waals surface area (Å²) in [4.78, 5) is 17.5. The number of rotatable bonds is 3. The van der Waals surface area contributed by atoms with Crippen LogP contribution in [0.3, 0.4) is 0 Å². The second kappa shape index (κ2) is 7.99. The van der Waals surface area contributed by atoms with Crippen LogP contribution in [0.25, 0.3) is 0 Å². The van der Waals surface area contributed by atoms with Crippen LogP contribution in [0.4, 0.5) is 5.95 Å². The van der Waals surface area contributed by atoms with Crippen molar-refractivity contribution >= 4 is 27.8 Å². The van der Waals surface area contributed by atoms with Gasteiger partial charge in [-0.25, -0.2) is 9.97 Å². The average molecular weight is 433 g/mol. The van der Waals surface area contributed by atoms with E-state index < -0.39 is 0 Å². The second-order valence-corrected chi connectivity index (χ2v) is 7.09. The first kappa shape index (κ1) is 17.8. The summed E-state index contributed by atoms with van der Waals surface area (Å²) >= 11 is 3.54. The molecule has 1 N–H and O–H groups in total. The lowest BCUT2D eigenvalue weighted by atomic mass is 10.2. The largest absolute Gasteiger partial charge is 0.454 e. The Bertz CT molecular complexity index is 824. The highest BCUT2D eigenvalue weighted by Gasteiger charge is 2.22. The molecule has 2 aliphatic rings. The molecule has 142 valence electrons. The van der Waals surface area contributed by atoms with Crippen molar-refractivity contribution in [1.82, 2.24) is 20.2 Å². The van der Waals surface area contributed by atoms with Crippen LogP contribution in [0, 0.1) is 0 Å². The van der Waals surface area contributed by atoms with Crippen molar-refractivity contribution in [3.63, 3.8) is 0 Å². The summed E-state index contributed by atoms with van der Waals surface area (Å²) < 4.78 is 11.8. The number of anilines is 1. The fraction of sp³-hybridized carbons (Fsp3) is 0.389. The molecule has 0 atom stereocenters. The molecule has 1 saturated heterocycles. The average Bonchev–Trinajstić information content (AvgIpc) is 3.19. The predicted molar refractivity (Wildman–Crippen MR) is 106 cm³/mol. The predicted octanol–water partition coefficient (Wildman–Crippen LogP) is 1.87. The molecule has 0 spiro atoms. The van der Waals surface area contributed by atoms with Crippen molar-refractivity contribution in [2.24, 2.45) is 4.99 Å². The van der Waals surface area contributed by atoms with Crippen LogP contribution in [-0.2, 0) is 6.54 Å². The molecule has 2 aromatic rings. The molecule has 0 bridgehead atoms. The Hall–Kier alpha value is -2.55. The Balaban J connectivity index is 1.35. The summed E-state index contributed by atoms with van der Waals surface area (Å²) in [6, 6.07) is 5.87. The van der Waals surface area contributed by atoms with E-state index in [-0.39, 0.29) is 6.79 Å². The number of ether oxygens (including phenoxy) is 2. The van der Waals surface area contributed by atoms with E-state index in [0.717, 1.165) is 59.6 Å². The van der Waals surface area contributed by atoms with E-state index in [4.69, 9.17) is 9.47 Å². The van der Waals surface area contributed by atoms with Crippen molar-refractivity contribution in [2.75, 3.05) is 44.9 Å². The minimum absolute atomic E-state index is 0.266. The maximum Gasteiger partial charge on any atom is 0.231 e. The normalized spacial score (nSPS) is 16.6. The number of benzene rings is 1. The van der Waals surface area contributed by atoms with Gasteiger partial charge in [0.15, 0.2) is 17.5 Å². The number of piperazine rings is 1. The Morgan fingerprint density at radius 2 is 1.96 bits per heavy atom. The maximum atomic E-state index is 5.49. The number of nitrogens with zero attached hydrogens (tertiary/aromatic N) is 5. The number of guanidine groups is 1. The van der Waals surface area contributed by atoms with E-state index in [1.54, 1.807) is 12.4 Å². The molecule has 9 heteroatoms. The van der Waals surface area contributed by atoms with E-state index in [1.165, 1.54) is 0 Å². The molecule has 3 heterocycles. The van der Waals surface area contributed by atoms with Crippen LogP contribution in [-0.4, -0.2) is 60.8 Å². The molecule has 0 amide bonds. The van der Waals surface area contributed by atoms with Crippen LogP contribution >= 0.6 is 15.9 Å². The second-order valence-electron chi connectivity index (χ2n) is 6.24. The summed E-state index contributed by atoms with van der Waals surface area (Å²) in [5.41, 5.74) is 1.10. The highest BCUT2D eigenvalue weighted by molar-refractivity contribution is 9.10. The highest BCUT2D eigenvalue weighted by atomic mass is 79.9. The van der Waals surface area contributed by atoms with Gasteiger partial charge in [-0.15, -0.1) is 0 Å². The van der Waals surface area contributed by atoms with E-state index in [1.807, 2.05) is 25.2 Å². The third-order valence-corrected chi connectivity index (χ3v) is 5.15. The third-order valence-electron chi connectivity index (χ3n) is 4.56. The van der Waals surface area contributed by atoms with Crippen molar-refractivity contribution in [2.45, 2.75) is 6.54 Å². The van der Waals surface area contributed by atoms with Gasteiger partial charge in [-0.2, -0.15) is 0 Å². The summed E-state index contributed by atoms with van der Waals surface area (Å²) in [5.74, 6) is 3.21. The Labute approximate surface area is 166 Å². The molecular formula is C18H21BrN6O2. The lowest BCUT2D eigenvalue weighted by molar-refractivity contribution is 0.173. The Morgan fingerprint density at radius 3 is 2.70 bits per heavy atom. The van der Waals surface area contributed by atoms with Crippen LogP contribution in [0.15, 0.2) is 40.1 Å². The van der Waals surface area contributed by atoms with Gasteiger partial charge in [0.05, 0.1) is 4.47 Å². The number of hydrogen-bond acceptors (Lipinski definition) is 6. The number of halogens is 1. The van der Waals surface area contributed by atoms with Crippen LogP contribution in [0.5, 0.6) is 11.5 Å². The van der Waals surface area contributed by atoms with E-state index >= 15 is 0 Å². The summed E-state index contributed by atoms with van der Waals surface area (Å²) in [6.45, 7) is 4.37. The van der Waals surface area contributed by atoms with E-state index in [9.17, 15) is 0 Å². The molecule has 1 fully saturated rings. The molecule has 1 aromatic carbocycles. The van der Waals surface area contributed by atoms with Gasteiger partial charge in [0, 0.05) is 52.2 Å². The third kappa shape index (κ3) is 3.92. The number of aromatic nitrogens is 2. The van der Waals surface area contributed by atoms with E-state index in [0.29, 0.717) is 6.54 Å². The van der Waals surface area contributed by atoms with Crippen LogP contribution in [0.1, 0.15) is 5.56 Å². The van der Waals surface area contributed by atoms with Crippen LogP contribution < -0.4 is 19.7 Å². The lowest BCUT2D eigenvalue weighted by Gasteiger charge is -2.36. The van der Waals surface area contributed by atoms with Gasteiger partial charge in [0.2, 0.25) is 12.7 Å². The molecule has 27 heavy (non-hydrogen) atoms. The van der Waals surface area contributed by atoms with Crippen molar-refractivity contribution in [3.05, 3.63) is 40.6 Å². The number of nitrogens with one attached hydrogen (secondary N) is 1. The van der Waals surface area contributed by atoms with Crippen molar-refractivity contribution < 1.29 is 9.47 Å². The molecule has 1 aromatic heterocycles. The zero-order valence-corrected chi connectivity index (χ0v) is 16.6. The Morgan fingerprint density at radius 1 is 1.19 bits per heavy atom. The molecule has 0 aliphatic carbocycles. The molecule has 2 aliphatic heterocycles. The topological polar surface area (TPSA) is 75.1 Å². The van der Waals surface area contributed by atoms with Gasteiger partial charge >= 0.3 is 0 Å². The molecule has 0 saturated carbocycles. The molecule has 0 radical (unpaired) electrons. The fourth-order valence-corrected chi connectivity index (χ4v) is 3.81. The minimum Gasteiger partial charge on any atom is -0.454 e. The minimum atomic E-state index is 0.266. The quantitative estimate of drug-likeness (QED) is 0.585. The van der Waals surface area contributed by atoms with Gasteiger partial charge in [0.1, 0.15) is 0 Å². The SMILES string of the molecule is CN=C(NCc1cc(Br)c2c(c1)OCO2)N1CCN(c2ncccn2)CC1. The van der Waals surface area contributed by atoms with E-state index in [2.05, 4.69) is 46.0 Å². The van der Waals surface area contributed by atoms with Gasteiger partial charge < -0.3 is 24.6 Å². The molecule has 0 unspecified atom stereocenters. The Kier molecular flexibility index (Phi) is 5.28. The van der Waals surface area contributed by atoms with Gasteiger partial charge in [-0.3, -0.25) is 4.99 Å². The first-order valence-corrected chi connectivity index (χ1v) is 9.59. The van der Waals surface area contributed by atoms with Gasteiger partial charge in [-0.1, -0.05) is 0 Å². The standard InChI is InChI=1S/C18H21BrN6O2/c1-20-17(23-11-13-9-14(19)16-15(10-13)26-12-27-16)24-5-7-25(8-6-24)18-21-3-2-4-22-18/h2-4,9-10H,5-8,11-12H2,1H3,(H,20,23). The summed E-state index contributed by atoms with van der Waals surface area (Å²) in [6.07, 6.45) is 3.55. The smallest absolute Gasteiger partial charge is 0.231 e. The zero-order chi connectivity index (χ0) is 18.6. The molecule has 8 nitrogen and oxygen atoms in total. The fourth-order valence-electron chi connectivity index (χ4n) is 3.21.